The lowest BCUT2D eigenvalue weighted by Gasteiger charge is -2.16. The van der Waals surface area contributed by atoms with E-state index in [2.05, 4.69) is 11.4 Å². The van der Waals surface area contributed by atoms with E-state index in [1.807, 2.05) is 26.0 Å². The number of carbonyl (C=O) groups excluding carboxylic acids is 1. The highest BCUT2D eigenvalue weighted by Gasteiger charge is 2.27. The van der Waals surface area contributed by atoms with Gasteiger partial charge in [0, 0.05) is 7.05 Å². The molecule has 132 valence electrons. The molecule has 1 saturated carbocycles. The zero-order chi connectivity index (χ0) is 18.0. The highest BCUT2D eigenvalue weighted by atomic mass is 19.1. The first-order valence-corrected chi connectivity index (χ1v) is 8.70. The predicted octanol–water partition coefficient (Wildman–Crippen LogP) is 4.19. The molecule has 1 aliphatic carbocycles. The molecule has 0 saturated heterocycles. The summed E-state index contributed by atoms with van der Waals surface area (Å²) in [4.78, 5) is 11.8. The Kier molecular flexibility index (Phi) is 5.07. The van der Waals surface area contributed by atoms with Gasteiger partial charge in [0.1, 0.15) is 6.61 Å². The minimum Gasteiger partial charge on any atom is -0.486 e. The Morgan fingerprint density at radius 1 is 1.24 bits per heavy atom. The van der Waals surface area contributed by atoms with Crippen LogP contribution in [0.4, 0.5) is 4.39 Å². The van der Waals surface area contributed by atoms with Crippen molar-refractivity contribution in [2.24, 2.45) is 0 Å². The van der Waals surface area contributed by atoms with E-state index in [1.165, 1.54) is 11.6 Å². The average molecular weight is 341 g/mol. The van der Waals surface area contributed by atoms with Crippen molar-refractivity contribution < 1.29 is 13.9 Å². The van der Waals surface area contributed by atoms with Crippen molar-refractivity contribution in [1.82, 2.24) is 5.32 Å². The summed E-state index contributed by atoms with van der Waals surface area (Å²) in [6, 6.07) is 9.29. The zero-order valence-corrected chi connectivity index (χ0v) is 15.0. The maximum absolute atomic E-state index is 14.2. The van der Waals surface area contributed by atoms with Gasteiger partial charge in [-0.1, -0.05) is 18.2 Å². The fourth-order valence-electron chi connectivity index (χ4n) is 3.05. The highest BCUT2D eigenvalue weighted by molar-refractivity contribution is 5.78. The van der Waals surface area contributed by atoms with Gasteiger partial charge in [-0.25, -0.2) is 4.39 Å². The summed E-state index contributed by atoms with van der Waals surface area (Å²) in [6.45, 7) is 4.10. The van der Waals surface area contributed by atoms with E-state index >= 15 is 0 Å². The Morgan fingerprint density at radius 3 is 2.64 bits per heavy atom. The van der Waals surface area contributed by atoms with E-state index in [0.29, 0.717) is 12.3 Å². The highest BCUT2D eigenvalue weighted by Crippen LogP contribution is 2.42. The second-order valence-electron chi connectivity index (χ2n) is 6.76. The molecule has 3 rings (SSSR count). The van der Waals surface area contributed by atoms with Crippen LogP contribution in [-0.4, -0.2) is 13.0 Å². The molecule has 0 aliphatic heterocycles. The molecule has 3 nitrogen and oxygen atoms in total. The maximum atomic E-state index is 14.2. The molecule has 0 heterocycles. The molecule has 0 bridgehead atoms. The summed E-state index contributed by atoms with van der Waals surface area (Å²) in [5.74, 6) is 0.416. The van der Waals surface area contributed by atoms with Gasteiger partial charge in [0.15, 0.2) is 11.6 Å². The predicted molar refractivity (Wildman–Crippen MR) is 96.4 cm³/mol. The standard InChI is InChI=1S/C21H24FNO2/c1-13-9-19(22)20(10-14(13)2)25-12-18-16(11-21(24)23-3)5-4-6-17(18)15-7-8-15/h4-6,9-10,15H,7-8,11-12H2,1-3H3,(H,23,24). The minimum atomic E-state index is -0.347. The Hall–Kier alpha value is -2.36. The largest absolute Gasteiger partial charge is 0.486 e. The third kappa shape index (κ3) is 4.01. The monoisotopic (exact) mass is 341 g/mol. The van der Waals surface area contributed by atoms with Crippen LogP contribution in [0, 0.1) is 19.7 Å². The molecule has 0 atom stereocenters. The van der Waals surface area contributed by atoms with Crippen LogP contribution in [0.5, 0.6) is 5.75 Å². The molecule has 1 N–H and O–H groups in total. The van der Waals surface area contributed by atoms with Gasteiger partial charge in [-0.2, -0.15) is 0 Å². The topological polar surface area (TPSA) is 38.3 Å². The number of likely N-dealkylation sites (N-methyl/N-ethyl adjacent to an activating group) is 1. The Balaban J connectivity index is 1.88. The van der Waals surface area contributed by atoms with Crippen LogP contribution in [0.15, 0.2) is 30.3 Å². The summed E-state index contributed by atoms with van der Waals surface area (Å²) in [6.07, 6.45) is 2.63. The number of carbonyl (C=O) groups is 1. The Morgan fingerprint density at radius 2 is 1.96 bits per heavy atom. The molecule has 0 aromatic heterocycles. The number of nitrogens with one attached hydrogen (secondary N) is 1. The molecule has 2 aromatic rings. The van der Waals surface area contributed by atoms with Crippen molar-refractivity contribution in [2.45, 2.75) is 45.6 Å². The number of hydrogen-bond donors (Lipinski definition) is 1. The number of amides is 1. The number of hydrogen-bond acceptors (Lipinski definition) is 2. The molecule has 2 aromatic carbocycles. The van der Waals surface area contributed by atoms with E-state index in [0.717, 1.165) is 35.1 Å². The Labute approximate surface area is 148 Å². The molecule has 1 aliphatic rings. The van der Waals surface area contributed by atoms with Gasteiger partial charge in [-0.3, -0.25) is 4.79 Å². The lowest BCUT2D eigenvalue weighted by molar-refractivity contribution is -0.119. The molecular formula is C21H24FNO2. The quantitative estimate of drug-likeness (QED) is 0.856. The van der Waals surface area contributed by atoms with Crippen molar-refractivity contribution in [3.8, 4) is 5.75 Å². The molecule has 25 heavy (non-hydrogen) atoms. The summed E-state index contributed by atoms with van der Waals surface area (Å²) in [5.41, 5.74) is 5.10. The fourth-order valence-corrected chi connectivity index (χ4v) is 3.05. The van der Waals surface area contributed by atoms with Crippen molar-refractivity contribution in [1.29, 1.82) is 0 Å². The Bertz CT molecular complexity index is 797. The smallest absolute Gasteiger partial charge is 0.224 e. The summed E-state index contributed by atoms with van der Waals surface area (Å²) in [5, 5.41) is 2.66. The lowest BCUT2D eigenvalue weighted by atomic mass is 9.96. The molecule has 0 spiro atoms. The van der Waals surface area contributed by atoms with E-state index in [4.69, 9.17) is 4.74 Å². The van der Waals surface area contributed by atoms with Gasteiger partial charge in [0.25, 0.3) is 0 Å². The van der Waals surface area contributed by atoms with Gasteiger partial charge in [-0.05, 0) is 72.6 Å². The van der Waals surface area contributed by atoms with Crippen LogP contribution in [0.25, 0.3) is 0 Å². The molecule has 0 radical (unpaired) electrons. The summed E-state index contributed by atoms with van der Waals surface area (Å²) in [7, 11) is 1.63. The van der Waals surface area contributed by atoms with Crippen LogP contribution >= 0.6 is 0 Å². The number of benzene rings is 2. The first kappa shape index (κ1) is 17.5. The van der Waals surface area contributed by atoms with Crippen molar-refractivity contribution in [3.63, 3.8) is 0 Å². The van der Waals surface area contributed by atoms with Gasteiger partial charge in [0.05, 0.1) is 6.42 Å². The van der Waals surface area contributed by atoms with Crippen LogP contribution in [0.3, 0.4) is 0 Å². The van der Waals surface area contributed by atoms with Gasteiger partial charge >= 0.3 is 0 Å². The van der Waals surface area contributed by atoms with Crippen LogP contribution in [0.1, 0.15) is 46.6 Å². The van der Waals surface area contributed by atoms with E-state index in [-0.39, 0.29) is 24.1 Å². The zero-order valence-electron chi connectivity index (χ0n) is 15.0. The molecule has 1 amide bonds. The van der Waals surface area contributed by atoms with Crippen LogP contribution in [-0.2, 0) is 17.8 Å². The third-order valence-corrected chi connectivity index (χ3v) is 4.88. The maximum Gasteiger partial charge on any atom is 0.224 e. The van der Waals surface area contributed by atoms with Gasteiger partial charge < -0.3 is 10.1 Å². The number of rotatable bonds is 6. The van der Waals surface area contributed by atoms with Crippen molar-refractivity contribution >= 4 is 5.91 Å². The molecule has 1 fully saturated rings. The average Bonchev–Trinajstić information content (AvgIpc) is 3.42. The fraction of sp³-hybridized carbons (Fsp3) is 0.381. The van der Waals surface area contributed by atoms with Gasteiger partial charge in [0.2, 0.25) is 5.91 Å². The van der Waals surface area contributed by atoms with E-state index in [1.54, 1.807) is 13.1 Å². The summed E-state index contributed by atoms with van der Waals surface area (Å²) >= 11 is 0. The molecule has 0 unspecified atom stereocenters. The normalized spacial score (nSPS) is 13.6. The second-order valence-corrected chi connectivity index (χ2v) is 6.76. The number of ether oxygens (including phenoxy) is 1. The van der Waals surface area contributed by atoms with Crippen LogP contribution in [0.2, 0.25) is 0 Å². The van der Waals surface area contributed by atoms with Crippen molar-refractivity contribution in [2.75, 3.05) is 7.05 Å². The first-order chi connectivity index (χ1) is 12.0. The summed E-state index contributed by atoms with van der Waals surface area (Å²) < 4.78 is 20.0. The first-order valence-electron chi connectivity index (χ1n) is 8.70. The third-order valence-electron chi connectivity index (χ3n) is 4.88. The SMILES string of the molecule is CNC(=O)Cc1cccc(C2CC2)c1COc1cc(C)c(C)cc1F. The minimum absolute atomic E-state index is 0.0356. The lowest BCUT2D eigenvalue weighted by Crippen LogP contribution is -2.21. The molecular weight excluding hydrogens is 317 g/mol. The number of halogens is 1. The van der Waals surface area contributed by atoms with E-state index in [9.17, 15) is 9.18 Å². The van der Waals surface area contributed by atoms with Gasteiger partial charge in [-0.15, -0.1) is 0 Å². The molecule has 4 heteroatoms. The number of aryl methyl sites for hydroxylation is 2. The second kappa shape index (κ2) is 7.26. The van der Waals surface area contributed by atoms with Crippen molar-refractivity contribution in [3.05, 3.63) is 64.0 Å². The van der Waals surface area contributed by atoms with E-state index < -0.39 is 0 Å². The van der Waals surface area contributed by atoms with Crippen LogP contribution < -0.4 is 10.1 Å².